The largest absolute Gasteiger partial charge is 0.490 e. The number of fused-ring (bicyclic) bond motifs is 1. The van der Waals surface area contributed by atoms with Crippen molar-refractivity contribution >= 4 is 29.2 Å². The SMILES string of the molecule is CCN(C(=O)OCCSC)c1ccc2c(c1)N(Cc1c[nH]cn1)CCO2. The van der Waals surface area contributed by atoms with E-state index in [4.69, 9.17) is 9.47 Å². The van der Waals surface area contributed by atoms with Crippen LogP contribution in [0.5, 0.6) is 5.75 Å². The third kappa shape index (κ3) is 4.24. The zero-order chi connectivity index (χ0) is 18.4. The molecule has 8 heteroatoms. The number of anilines is 2. The summed E-state index contributed by atoms with van der Waals surface area (Å²) in [4.78, 5) is 23.5. The van der Waals surface area contributed by atoms with Gasteiger partial charge in [-0.05, 0) is 31.4 Å². The minimum Gasteiger partial charge on any atom is -0.490 e. The van der Waals surface area contributed by atoms with Gasteiger partial charge in [-0.2, -0.15) is 11.8 Å². The molecular formula is C18H24N4O3S. The van der Waals surface area contributed by atoms with E-state index in [1.807, 2.05) is 37.6 Å². The van der Waals surface area contributed by atoms with Crippen LogP contribution in [0, 0.1) is 0 Å². The fraction of sp³-hybridized carbons (Fsp3) is 0.444. The lowest BCUT2D eigenvalue weighted by Gasteiger charge is -2.32. The number of H-pyrrole nitrogens is 1. The Morgan fingerprint density at radius 2 is 2.38 bits per heavy atom. The number of hydrogen-bond donors (Lipinski definition) is 1. The van der Waals surface area contributed by atoms with Gasteiger partial charge in [0.05, 0.1) is 30.8 Å². The van der Waals surface area contributed by atoms with Gasteiger partial charge in [0.25, 0.3) is 0 Å². The highest BCUT2D eigenvalue weighted by Gasteiger charge is 2.22. The van der Waals surface area contributed by atoms with E-state index in [2.05, 4.69) is 14.9 Å². The Bertz CT molecular complexity index is 723. The molecule has 0 radical (unpaired) electrons. The molecule has 0 fully saturated rings. The van der Waals surface area contributed by atoms with E-state index in [0.29, 0.717) is 26.3 Å². The monoisotopic (exact) mass is 376 g/mol. The molecule has 1 aliphatic rings. The van der Waals surface area contributed by atoms with Crippen LogP contribution in [0.1, 0.15) is 12.6 Å². The lowest BCUT2D eigenvalue weighted by Crippen LogP contribution is -2.34. The maximum absolute atomic E-state index is 12.4. The first kappa shape index (κ1) is 18.4. The molecule has 0 saturated carbocycles. The molecule has 1 aromatic carbocycles. The predicted molar refractivity (Wildman–Crippen MR) is 104 cm³/mol. The van der Waals surface area contributed by atoms with Gasteiger partial charge in [-0.3, -0.25) is 4.90 Å². The van der Waals surface area contributed by atoms with E-state index >= 15 is 0 Å². The van der Waals surface area contributed by atoms with Crippen molar-refractivity contribution in [3.05, 3.63) is 36.4 Å². The second-order valence-electron chi connectivity index (χ2n) is 5.83. The summed E-state index contributed by atoms with van der Waals surface area (Å²) in [7, 11) is 0. The Balaban J connectivity index is 1.79. The quantitative estimate of drug-likeness (QED) is 0.749. The van der Waals surface area contributed by atoms with Crippen molar-refractivity contribution in [2.75, 3.05) is 48.1 Å². The van der Waals surface area contributed by atoms with Crippen LogP contribution in [0.2, 0.25) is 0 Å². The smallest absolute Gasteiger partial charge is 0.414 e. The van der Waals surface area contributed by atoms with E-state index < -0.39 is 0 Å². The molecule has 3 rings (SSSR count). The molecule has 1 aliphatic heterocycles. The predicted octanol–water partition coefficient (Wildman–Crippen LogP) is 3.13. The fourth-order valence-corrected chi connectivity index (χ4v) is 3.12. The molecule has 1 N–H and O–H groups in total. The van der Waals surface area contributed by atoms with Gasteiger partial charge in [-0.25, -0.2) is 9.78 Å². The molecule has 140 valence electrons. The van der Waals surface area contributed by atoms with Crippen LogP contribution in [0.4, 0.5) is 16.2 Å². The van der Waals surface area contributed by atoms with Gasteiger partial charge in [0.1, 0.15) is 19.0 Å². The van der Waals surface area contributed by atoms with Crippen LogP contribution in [0.25, 0.3) is 0 Å². The molecule has 1 amide bonds. The number of ether oxygens (including phenoxy) is 2. The van der Waals surface area contributed by atoms with Crippen LogP contribution in [-0.2, 0) is 11.3 Å². The van der Waals surface area contributed by atoms with E-state index in [-0.39, 0.29) is 6.09 Å². The number of nitrogens with one attached hydrogen (secondary N) is 1. The van der Waals surface area contributed by atoms with Gasteiger partial charge >= 0.3 is 6.09 Å². The summed E-state index contributed by atoms with van der Waals surface area (Å²) in [6, 6.07) is 5.80. The Hall–Kier alpha value is -2.35. The number of amides is 1. The Morgan fingerprint density at radius 3 is 3.12 bits per heavy atom. The molecule has 26 heavy (non-hydrogen) atoms. The molecule has 0 bridgehead atoms. The minimum absolute atomic E-state index is 0.322. The van der Waals surface area contributed by atoms with Crippen molar-refractivity contribution < 1.29 is 14.3 Å². The van der Waals surface area contributed by atoms with Crippen molar-refractivity contribution in [1.82, 2.24) is 9.97 Å². The number of hydrogen-bond acceptors (Lipinski definition) is 6. The summed E-state index contributed by atoms with van der Waals surface area (Å²) in [5.74, 6) is 1.61. The number of nitrogens with zero attached hydrogens (tertiary/aromatic N) is 3. The second kappa shape index (κ2) is 8.84. The first-order valence-corrected chi connectivity index (χ1v) is 10.0. The van der Waals surface area contributed by atoms with Crippen LogP contribution >= 0.6 is 11.8 Å². The number of aromatic nitrogens is 2. The number of carbonyl (C=O) groups is 1. The first-order valence-electron chi connectivity index (χ1n) is 8.65. The molecule has 1 aromatic heterocycles. The highest BCUT2D eigenvalue weighted by molar-refractivity contribution is 7.98. The Labute approximate surface area is 157 Å². The van der Waals surface area contributed by atoms with Crippen LogP contribution in [-0.4, -0.2) is 54.4 Å². The van der Waals surface area contributed by atoms with Crippen LogP contribution in [0.15, 0.2) is 30.7 Å². The number of carbonyl (C=O) groups excluding carboxylic acids is 1. The maximum atomic E-state index is 12.4. The molecular weight excluding hydrogens is 352 g/mol. The van der Waals surface area contributed by atoms with Gasteiger partial charge in [0, 0.05) is 24.2 Å². The summed E-state index contributed by atoms with van der Waals surface area (Å²) >= 11 is 1.65. The van der Waals surface area contributed by atoms with Crippen molar-refractivity contribution in [1.29, 1.82) is 0 Å². The van der Waals surface area contributed by atoms with Crippen LogP contribution in [0.3, 0.4) is 0 Å². The molecule has 2 aromatic rings. The topological polar surface area (TPSA) is 70.7 Å². The van der Waals surface area contributed by atoms with Crippen LogP contribution < -0.4 is 14.5 Å². The number of imidazole rings is 1. The number of aromatic amines is 1. The molecule has 0 spiro atoms. The lowest BCUT2D eigenvalue weighted by molar-refractivity contribution is 0.161. The van der Waals surface area contributed by atoms with Crippen molar-refractivity contribution in [2.24, 2.45) is 0 Å². The highest BCUT2D eigenvalue weighted by Crippen LogP contribution is 2.36. The summed E-state index contributed by atoms with van der Waals surface area (Å²) in [6.45, 7) is 4.98. The van der Waals surface area contributed by atoms with Crippen molar-refractivity contribution in [2.45, 2.75) is 13.5 Å². The molecule has 7 nitrogen and oxygen atoms in total. The lowest BCUT2D eigenvalue weighted by atomic mass is 10.2. The normalized spacial score (nSPS) is 13.1. The Kier molecular flexibility index (Phi) is 6.27. The van der Waals surface area contributed by atoms with Gasteiger partial charge in [0.15, 0.2) is 0 Å². The average Bonchev–Trinajstić information content (AvgIpc) is 3.16. The molecule has 2 heterocycles. The van der Waals surface area contributed by atoms with E-state index in [0.717, 1.165) is 35.1 Å². The standard InChI is InChI=1S/C18H24N4O3S/c1-3-22(18(23)25-8-9-26-2)15-4-5-17-16(10-15)21(6-7-24-17)12-14-11-19-13-20-14/h4-5,10-11,13H,3,6-9,12H2,1-2H3,(H,19,20). The van der Waals surface area contributed by atoms with Crippen molar-refractivity contribution in [3.63, 3.8) is 0 Å². The second-order valence-corrected chi connectivity index (χ2v) is 6.82. The number of thioether (sulfide) groups is 1. The summed E-state index contributed by atoms with van der Waals surface area (Å²) < 4.78 is 11.1. The molecule has 0 atom stereocenters. The van der Waals surface area contributed by atoms with Gasteiger partial charge in [0.2, 0.25) is 0 Å². The molecule has 0 aliphatic carbocycles. The summed E-state index contributed by atoms with van der Waals surface area (Å²) in [5.41, 5.74) is 2.73. The van der Waals surface area contributed by atoms with Gasteiger partial charge in [-0.15, -0.1) is 0 Å². The number of benzene rings is 1. The zero-order valence-corrected chi connectivity index (χ0v) is 15.9. The highest BCUT2D eigenvalue weighted by atomic mass is 32.2. The fourth-order valence-electron chi connectivity index (χ4n) is 2.87. The summed E-state index contributed by atoms with van der Waals surface area (Å²) in [6.07, 6.45) is 5.23. The minimum atomic E-state index is -0.322. The number of rotatable bonds is 7. The Morgan fingerprint density at radius 1 is 1.50 bits per heavy atom. The van der Waals surface area contributed by atoms with E-state index in [1.54, 1.807) is 23.0 Å². The van der Waals surface area contributed by atoms with Gasteiger partial charge in [-0.1, -0.05) is 0 Å². The van der Waals surface area contributed by atoms with E-state index in [9.17, 15) is 4.79 Å². The summed E-state index contributed by atoms with van der Waals surface area (Å²) in [5, 5.41) is 0. The van der Waals surface area contributed by atoms with Crippen molar-refractivity contribution in [3.8, 4) is 5.75 Å². The average molecular weight is 376 g/mol. The third-order valence-electron chi connectivity index (χ3n) is 4.17. The zero-order valence-electron chi connectivity index (χ0n) is 15.1. The first-order chi connectivity index (χ1) is 12.7. The third-order valence-corrected chi connectivity index (χ3v) is 4.75. The van der Waals surface area contributed by atoms with Gasteiger partial charge < -0.3 is 19.4 Å². The molecule has 0 unspecified atom stereocenters. The molecule has 0 saturated heterocycles. The van der Waals surface area contributed by atoms with E-state index in [1.165, 1.54) is 0 Å². The maximum Gasteiger partial charge on any atom is 0.414 e.